The van der Waals surface area contributed by atoms with Gasteiger partial charge in [-0.3, -0.25) is 9.69 Å². The Morgan fingerprint density at radius 3 is 2.45 bits per heavy atom. The van der Waals surface area contributed by atoms with E-state index in [2.05, 4.69) is 5.32 Å². The third-order valence-electron chi connectivity index (χ3n) is 3.12. The topological polar surface area (TPSA) is 92.8 Å². The van der Waals surface area contributed by atoms with Crippen LogP contribution in [0.5, 0.6) is 0 Å². The zero-order valence-corrected chi connectivity index (χ0v) is 14.7. The highest BCUT2D eigenvalue weighted by atomic mass is 32.2. The molecule has 128 valence electrons. The van der Waals surface area contributed by atoms with Crippen LogP contribution >= 0.6 is 0 Å². The van der Waals surface area contributed by atoms with Gasteiger partial charge in [0.15, 0.2) is 0 Å². The Balaban J connectivity index is 2.66. The summed E-state index contributed by atoms with van der Waals surface area (Å²) in [6, 6.07) is -1.10. The van der Waals surface area contributed by atoms with Crippen LogP contribution in [0.25, 0.3) is 0 Å². The summed E-state index contributed by atoms with van der Waals surface area (Å²) < 4.78 is 27.8. The van der Waals surface area contributed by atoms with Gasteiger partial charge in [-0.2, -0.15) is 0 Å². The van der Waals surface area contributed by atoms with E-state index in [1.54, 1.807) is 27.7 Å². The number of ether oxygens (including phenoxy) is 1. The molecule has 0 saturated carbocycles. The Labute approximate surface area is 132 Å². The van der Waals surface area contributed by atoms with Crippen molar-refractivity contribution in [2.75, 3.05) is 18.6 Å². The molecule has 2 atom stereocenters. The van der Waals surface area contributed by atoms with Gasteiger partial charge in [0.05, 0.1) is 5.75 Å². The third kappa shape index (κ3) is 6.21. The highest BCUT2D eigenvalue weighted by molar-refractivity contribution is 7.90. The van der Waals surface area contributed by atoms with E-state index in [0.29, 0.717) is 13.0 Å². The Hall–Kier alpha value is -1.31. The first-order valence-corrected chi connectivity index (χ1v) is 9.43. The lowest BCUT2D eigenvalue weighted by atomic mass is 10.2. The summed E-state index contributed by atoms with van der Waals surface area (Å²) in [6.07, 6.45) is 1.88. The molecule has 0 aromatic rings. The van der Waals surface area contributed by atoms with Crippen LogP contribution in [0.2, 0.25) is 0 Å². The van der Waals surface area contributed by atoms with Gasteiger partial charge in [-0.15, -0.1) is 0 Å². The number of nitrogens with one attached hydrogen (secondary N) is 1. The second kappa shape index (κ2) is 6.85. The highest BCUT2D eigenvalue weighted by Crippen LogP contribution is 2.21. The van der Waals surface area contributed by atoms with Gasteiger partial charge in [-0.05, 0) is 40.5 Å². The number of rotatable bonds is 4. The number of hydrogen-bond acceptors (Lipinski definition) is 5. The molecule has 1 aliphatic heterocycles. The van der Waals surface area contributed by atoms with Crippen LogP contribution in [0.15, 0.2) is 0 Å². The quantitative estimate of drug-likeness (QED) is 0.826. The lowest BCUT2D eigenvalue weighted by molar-refractivity contribution is -0.125. The van der Waals surface area contributed by atoms with Crippen LogP contribution in [0.3, 0.4) is 0 Å². The van der Waals surface area contributed by atoms with E-state index in [4.69, 9.17) is 4.74 Å². The van der Waals surface area contributed by atoms with E-state index in [-0.39, 0.29) is 11.7 Å². The molecule has 1 saturated heterocycles. The predicted molar refractivity (Wildman–Crippen MR) is 83.3 cm³/mol. The predicted octanol–water partition coefficient (Wildman–Crippen LogP) is 0.935. The molecule has 2 amide bonds. The molecule has 0 unspecified atom stereocenters. The first-order valence-electron chi connectivity index (χ1n) is 7.37. The molecule has 0 aromatic carbocycles. The fourth-order valence-electron chi connectivity index (χ4n) is 2.41. The average molecular weight is 334 g/mol. The number of sulfone groups is 1. The van der Waals surface area contributed by atoms with Crippen molar-refractivity contribution in [3.63, 3.8) is 0 Å². The van der Waals surface area contributed by atoms with Crippen molar-refractivity contribution >= 4 is 21.8 Å². The maximum atomic E-state index is 12.3. The maximum Gasteiger partial charge on any atom is 0.410 e. The van der Waals surface area contributed by atoms with E-state index in [1.165, 1.54) is 4.90 Å². The molecular formula is C14H26N2O5S. The van der Waals surface area contributed by atoms with Crippen LogP contribution in [-0.2, 0) is 19.4 Å². The van der Waals surface area contributed by atoms with Crippen molar-refractivity contribution in [2.45, 2.75) is 58.2 Å². The van der Waals surface area contributed by atoms with E-state index >= 15 is 0 Å². The van der Waals surface area contributed by atoms with Crippen LogP contribution in [0.1, 0.15) is 40.5 Å². The second-order valence-corrected chi connectivity index (χ2v) is 9.02. The third-order valence-corrected chi connectivity index (χ3v) is 4.23. The fourth-order valence-corrected chi connectivity index (χ4v) is 3.40. The molecule has 8 heteroatoms. The Morgan fingerprint density at radius 1 is 1.36 bits per heavy atom. The largest absolute Gasteiger partial charge is 0.444 e. The van der Waals surface area contributed by atoms with Crippen molar-refractivity contribution in [1.82, 2.24) is 10.2 Å². The summed E-state index contributed by atoms with van der Waals surface area (Å²) in [6.45, 7) is 7.40. The molecule has 1 rings (SSSR count). The zero-order chi connectivity index (χ0) is 17.1. The molecule has 0 bridgehead atoms. The second-order valence-electron chi connectivity index (χ2n) is 6.83. The molecule has 0 spiro atoms. The van der Waals surface area contributed by atoms with Gasteiger partial charge in [0.1, 0.15) is 21.5 Å². The molecule has 1 fully saturated rings. The SMILES string of the molecule is C[C@@H](CS(C)(=O)=O)NC(=O)[C@@H]1CCCN1C(=O)OC(C)(C)C. The minimum Gasteiger partial charge on any atom is -0.444 e. The maximum absolute atomic E-state index is 12.3. The zero-order valence-electron chi connectivity index (χ0n) is 13.9. The summed E-state index contributed by atoms with van der Waals surface area (Å²) >= 11 is 0. The van der Waals surface area contributed by atoms with Crippen molar-refractivity contribution in [2.24, 2.45) is 0 Å². The van der Waals surface area contributed by atoms with Crippen molar-refractivity contribution < 1.29 is 22.7 Å². The first kappa shape index (κ1) is 18.7. The summed E-state index contributed by atoms with van der Waals surface area (Å²) in [5.74, 6) is -0.461. The summed E-state index contributed by atoms with van der Waals surface area (Å²) in [7, 11) is -3.17. The van der Waals surface area contributed by atoms with Crippen LogP contribution in [0.4, 0.5) is 4.79 Å². The molecule has 22 heavy (non-hydrogen) atoms. The molecular weight excluding hydrogens is 308 g/mol. The minimum atomic E-state index is -3.17. The van der Waals surface area contributed by atoms with Crippen molar-refractivity contribution in [3.05, 3.63) is 0 Å². The summed E-state index contributed by atoms with van der Waals surface area (Å²) in [5, 5.41) is 2.66. The molecule has 1 aliphatic rings. The number of hydrogen-bond donors (Lipinski definition) is 1. The van der Waals surface area contributed by atoms with Crippen molar-refractivity contribution in [3.8, 4) is 0 Å². The van der Waals surface area contributed by atoms with Gasteiger partial charge in [0.25, 0.3) is 0 Å². The number of amides is 2. The van der Waals surface area contributed by atoms with Crippen LogP contribution in [0, 0.1) is 0 Å². The molecule has 0 aromatic heterocycles. The van der Waals surface area contributed by atoms with Gasteiger partial charge >= 0.3 is 6.09 Å². The summed E-state index contributed by atoms with van der Waals surface area (Å²) in [5.41, 5.74) is -0.621. The summed E-state index contributed by atoms with van der Waals surface area (Å²) in [4.78, 5) is 25.8. The number of likely N-dealkylation sites (tertiary alicyclic amines) is 1. The van der Waals surface area contributed by atoms with Crippen LogP contribution in [-0.4, -0.2) is 61.6 Å². The molecule has 1 heterocycles. The van der Waals surface area contributed by atoms with E-state index in [0.717, 1.165) is 12.7 Å². The fraction of sp³-hybridized carbons (Fsp3) is 0.857. The smallest absolute Gasteiger partial charge is 0.410 e. The Kier molecular flexibility index (Phi) is 5.83. The van der Waals surface area contributed by atoms with Crippen LogP contribution < -0.4 is 5.32 Å². The van der Waals surface area contributed by atoms with Gasteiger partial charge in [-0.25, -0.2) is 13.2 Å². The normalized spacial score (nSPS) is 20.6. The standard InChI is InChI=1S/C14H26N2O5S/c1-10(9-22(5,19)20)15-12(17)11-7-6-8-16(11)13(18)21-14(2,3)4/h10-11H,6-9H2,1-5H3,(H,15,17)/t10-,11-/m0/s1. The Morgan fingerprint density at radius 2 is 1.95 bits per heavy atom. The highest BCUT2D eigenvalue weighted by Gasteiger charge is 2.37. The number of carbonyl (C=O) groups is 2. The monoisotopic (exact) mass is 334 g/mol. The number of nitrogens with zero attached hydrogens (tertiary/aromatic N) is 1. The molecule has 7 nitrogen and oxygen atoms in total. The number of carbonyl (C=O) groups excluding carboxylic acids is 2. The molecule has 0 radical (unpaired) electrons. The lowest BCUT2D eigenvalue weighted by Gasteiger charge is -2.28. The van der Waals surface area contributed by atoms with E-state index in [9.17, 15) is 18.0 Å². The van der Waals surface area contributed by atoms with Gasteiger partial charge in [0.2, 0.25) is 5.91 Å². The minimum absolute atomic E-state index is 0.127. The van der Waals surface area contributed by atoms with Gasteiger partial charge < -0.3 is 10.1 Å². The molecule has 0 aliphatic carbocycles. The van der Waals surface area contributed by atoms with Gasteiger partial charge in [-0.1, -0.05) is 0 Å². The first-order chi connectivity index (χ1) is 9.89. The van der Waals surface area contributed by atoms with E-state index < -0.39 is 33.6 Å². The van der Waals surface area contributed by atoms with Crippen molar-refractivity contribution in [1.29, 1.82) is 0 Å². The van der Waals surface area contributed by atoms with Gasteiger partial charge in [0, 0.05) is 18.8 Å². The lowest BCUT2D eigenvalue weighted by Crippen LogP contribution is -2.50. The Bertz CT molecular complexity index is 524. The average Bonchev–Trinajstić information content (AvgIpc) is 2.71. The van der Waals surface area contributed by atoms with E-state index in [1.807, 2.05) is 0 Å². The molecule has 1 N–H and O–H groups in total.